The first-order valence-electron chi connectivity index (χ1n) is 7.18. The Morgan fingerprint density at radius 2 is 2.00 bits per heavy atom. The van der Waals surface area contributed by atoms with Crippen molar-refractivity contribution < 1.29 is 14.3 Å². The highest BCUT2D eigenvalue weighted by Crippen LogP contribution is 2.20. The number of hydrogen-bond donors (Lipinski definition) is 3. The molecule has 24 heavy (non-hydrogen) atoms. The van der Waals surface area contributed by atoms with Crippen molar-refractivity contribution in [2.75, 3.05) is 5.32 Å². The van der Waals surface area contributed by atoms with Crippen molar-refractivity contribution in [1.29, 1.82) is 5.26 Å². The summed E-state index contributed by atoms with van der Waals surface area (Å²) in [5.74, 6) is -0.781. The Balaban J connectivity index is 2.00. The molecule has 0 fully saturated rings. The van der Waals surface area contributed by atoms with Gasteiger partial charge in [0, 0.05) is 18.4 Å². The summed E-state index contributed by atoms with van der Waals surface area (Å²) in [6, 6.07) is 12.3. The van der Waals surface area contributed by atoms with Crippen LogP contribution in [0.4, 0.5) is 10.1 Å². The zero-order valence-corrected chi connectivity index (χ0v) is 13.0. The number of phenolic OH excluding ortho intramolecular Hbond substituents is 1. The van der Waals surface area contributed by atoms with E-state index in [1.807, 2.05) is 6.07 Å². The van der Waals surface area contributed by atoms with Gasteiger partial charge in [0.25, 0.3) is 5.91 Å². The normalized spacial score (nSPS) is 10.8. The average molecular weight is 325 g/mol. The number of anilines is 1. The molecule has 2 aromatic carbocycles. The van der Waals surface area contributed by atoms with Gasteiger partial charge in [-0.2, -0.15) is 5.26 Å². The summed E-state index contributed by atoms with van der Waals surface area (Å²) in [5, 5.41) is 23.9. The number of nitrogens with one attached hydrogen (secondary N) is 2. The smallest absolute Gasteiger partial charge is 0.267 e. The molecule has 0 unspecified atom stereocenters. The zero-order chi connectivity index (χ0) is 17.5. The molecule has 5 nitrogen and oxygen atoms in total. The van der Waals surface area contributed by atoms with Crippen LogP contribution in [0, 0.1) is 24.1 Å². The summed E-state index contributed by atoms with van der Waals surface area (Å²) in [5.41, 5.74) is 1.92. The Hall–Kier alpha value is -3.33. The molecule has 0 aromatic heterocycles. The SMILES string of the molecule is Cc1cc(O)ccc1NC(=O)/C(C#N)=C\NCc1ccc(F)cc1. The van der Waals surface area contributed by atoms with Crippen LogP contribution < -0.4 is 10.6 Å². The number of carbonyl (C=O) groups is 1. The van der Waals surface area contributed by atoms with E-state index >= 15 is 0 Å². The lowest BCUT2D eigenvalue weighted by atomic mass is 10.1. The summed E-state index contributed by atoms with van der Waals surface area (Å²) >= 11 is 0. The minimum absolute atomic E-state index is 0.0930. The molecule has 0 atom stereocenters. The van der Waals surface area contributed by atoms with Crippen LogP contribution in [-0.2, 0) is 11.3 Å². The van der Waals surface area contributed by atoms with E-state index in [1.165, 1.54) is 30.5 Å². The number of halogens is 1. The van der Waals surface area contributed by atoms with Crippen molar-refractivity contribution in [3.8, 4) is 11.8 Å². The van der Waals surface area contributed by atoms with Crippen LogP contribution in [-0.4, -0.2) is 11.0 Å². The standard InChI is InChI=1S/C18H16FN3O2/c1-12-8-16(23)6-7-17(12)22-18(24)14(9-20)11-21-10-13-2-4-15(19)5-3-13/h2-8,11,21,23H,10H2,1H3,(H,22,24)/b14-11-. The fraction of sp³-hybridized carbons (Fsp3) is 0.111. The predicted octanol–water partition coefficient (Wildman–Crippen LogP) is 2.98. The number of rotatable bonds is 5. The number of nitrogens with zero attached hydrogens (tertiary/aromatic N) is 1. The lowest BCUT2D eigenvalue weighted by Crippen LogP contribution is -2.17. The minimum atomic E-state index is -0.558. The van der Waals surface area contributed by atoms with Gasteiger partial charge in [-0.05, 0) is 48.4 Å². The molecule has 0 heterocycles. The maximum Gasteiger partial charge on any atom is 0.267 e. The number of benzene rings is 2. The quantitative estimate of drug-likeness (QED) is 0.448. The first kappa shape index (κ1) is 17.0. The van der Waals surface area contributed by atoms with Gasteiger partial charge in [0.1, 0.15) is 23.2 Å². The van der Waals surface area contributed by atoms with Crippen molar-refractivity contribution in [3.63, 3.8) is 0 Å². The number of phenols is 1. The lowest BCUT2D eigenvalue weighted by Gasteiger charge is -2.08. The first-order valence-corrected chi connectivity index (χ1v) is 7.18. The van der Waals surface area contributed by atoms with Crippen molar-refractivity contribution in [3.05, 3.63) is 71.2 Å². The van der Waals surface area contributed by atoms with Crippen LogP contribution in [0.1, 0.15) is 11.1 Å². The van der Waals surface area contributed by atoms with Crippen molar-refractivity contribution in [2.45, 2.75) is 13.5 Å². The molecular weight excluding hydrogens is 309 g/mol. The molecule has 0 saturated carbocycles. The topological polar surface area (TPSA) is 85.2 Å². The van der Waals surface area contributed by atoms with Gasteiger partial charge in [0.15, 0.2) is 0 Å². The van der Waals surface area contributed by atoms with E-state index in [0.717, 1.165) is 5.56 Å². The molecule has 0 aliphatic heterocycles. The molecule has 0 spiro atoms. The van der Waals surface area contributed by atoms with Crippen LogP contribution in [0.25, 0.3) is 0 Å². The van der Waals surface area contributed by atoms with Gasteiger partial charge in [-0.3, -0.25) is 4.79 Å². The van der Waals surface area contributed by atoms with Gasteiger partial charge >= 0.3 is 0 Å². The third-order valence-corrected chi connectivity index (χ3v) is 3.29. The van der Waals surface area contributed by atoms with Gasteiger partial charge in [0.05, 0.1) is 0 Å². The Labute approximate surface area is 139 Å². The predicted molar refractivity (Wildman–Crippen MR) is 88.4 cm³/mol. The van der Waals surface area contributed by atoms with Crippen LogP contribution in [0.3, 0.4) is 0 Å². The highest BCUT2D eigenvalue weighted by atomic mass is 19.1. The van der Waals surface area contributed by atoms with Gasteiger partial charge in [-0.15, -0.1) is 0 Å². The fourth-order valence-corrected chi connectivity index (χ4v) is 2.00. The third kappa shape index (κ3) is 4.58. The Bertz CT molecular complexity index is 808. The molecule has 0 bridgehead atoms. The number of nitriles is 1. The Morgan fingerprint density at radius 3 is 2.62 bits per heavy atom. The van der Waals surface area contributed by atoms with Crippen LogP contribution in [0.5, 0.6) is 5.75 Å². The van der Waals surface area contributed by atoms with E-state index in [1.54, 1.807) is 25.1 Å². The summed E-state index contributed by atoms with van der Waals surface area (Å²) in [6.07, 6.45) is 1.31. The summed E-state index contributed by atoms with van der Waals surface area (Å²) in [4.78, 5) is 12.1. The fourth-order valence-electron chi connectivity index (χ4n) is 2.00. The second-order valence-electron chi connectivity index (χ2n) is 5.13. The minimum Gasteiger partial charge on any atom is -0.508 e. The molecule has 3 N–H and O–H groups in total. The largest absolute Gasteiger partial charge is 0.508 e. The Kier molecular flexibility index (Phi) is 5.53. The van der Waals surface area contributed by atoms with E-state index < -0.39 is 5.91 Å². The zero-order valence-electron chi connectivity index (χ0n) is 13.0. The second kappa shape index (κ2) is 7.79. The second-order valence-corrected chi connectivity index (χ2v) is 5.13. The number of hydrogen-bond acceptors (Lipinski definition) is 4. The van der Waals surface area contributed by atoms with Gasteiger partial charge < -0.3 is 15.7 Å². The van der Waals surface area contributed by atoms with Gasteiger partial charge in [0.2, 0.25) is 0 Å². The van der Waals surface area contributed by atoms with Crippen LogP contribution in [0.15, 0.2) is 54.2 Å². The molecule has 0 aliphatic rings. The van der Waals surface area contributed by atoms with Crippen molar-refractivity contribution in [1.82, 2.24) is 5.32 Å². The molecule has 122 valence electrons. The van der Waals surface area contributed by atoms with Crippen LogP contribution >= 0.6 is 0 Å². The molecular formula is C18H16FN3O2. The molecule has 0 radical (unpaired) electrons. The third-order valence-electron chi connectivity index (χ3n) is 3.29. The van der Waals surface area contributed by atoms with E-state index in [-0.39, 0.29) is 17.1 Å². The van der Waals surface area contributed by atoms with Gasteiger partial charge in [-0.25, -0.2) is 4.39 Å². The maximum absolute atomic E-state index is 12.8. The van der Waals surface area contributed by atoms with E-state index in [2.05, 4.69) is 10.6 Å². The summed E-state index contributed by atoms with van der Waals surface area (Å²) < 4.78 is 12.8. The molecule has 2 rings (SSSR count). The molecule has 2 aromatic rings. The van der Waals surface area contributed by atoms with Crippen LogP contribution in [0.2, 0.25) is 0 Å². The highest BCUT2D eigenvalue weighted by molar-refractivity contribution is 6.06. The average Bonchev–Trinajstić information content (AvgIpc) is 2.56. The van der Waals surface area contributed by atoms with Crippen molar-refractivity contribution in [2.24, 2.45) is 0 Å². The number of amides is 1. The van der Waals surface area contributed by atoms with Crippen molar-refractivity contribution >= 4 is 11.6 Å². The molecule has 0 saturated heterocycles. The van der Waals surface area contributed by atoms with Gasteiger partial charge in [-0.1, -0.05) is 12.1 Å². The first-order chi connectivity index (χ1) is 11.5. The number of carbonyl (C=O) groups excluding carboxylic acids is 1. The lowest BCUT2D eigenvalue weighted by molar-refractivity contribution is -0.112. The summed E-state index contributed by atoms with van der Waals surface area (Å²) in [6.45, 7) is 2.09. The highest BCUT2D eigenvalue weighted by Gasteiger charge is 2.10. The Morgan fingerprint density at radius 1 is 1.29 bits per heavy atom. The van der Waals surface area contributed by atoms with E-state index in [0.29, 0.717) is 17.8 Å². The summed E-state index contributed by atoms with van der Waals surface area (Å²) in [7, 11) is 0. The molecule has 0 aliphatic carbocycles. The molecule has 1 amide bonds. The van der Waals surface area contributed by atoms with E-state index in [9.17, 15) is 14.3 Å². The molecule has 6 heteroatoms. The van der Waals surface area contributed by atoms with E-state index in [4.69, 9.17) is 5.26 Å². The maximum atomic E-state index is 12.8. The monoisotopic (exact) mass is 325 g/mol. The number of aryl methyl sites for hydroxylation is 1. The number of aromatic hydroxyl groups is 1.